The van der Waals surface area contributed by atoms with Crippen LogP contribution >= 0.6 is 15.9 Å². The van der Waals surface area contributed by atoms with E-state index < -0.39 is 17.7 Å². The van der Waals surface area contributed by atoms with Crippen LogP contribution in [0.25, 0.3) is 0 Å². The molecule has 0 atom stereocenters. The van der Waals surface area contributed by atoms with Gasteiger partial charge in [0.2, 0.25) is 0 Å². The summed E-state index contributed by atoms with van der Waals surface area (Å²) < 4.78 is 42.7. The van der Waals surface area contributed by atoms with Crippen molar-refractivity contribution >= 4 is 27.6 Å². The molecule has 1 aromatic carbocycles. The minimum Gasteiger partial charge on any atom is -0.468 e. The maximum atomic E-state index is 12.6. The molecule has 0 radical (unpaired) electrons. The molecule has 1 aromatic rings. The zero-order chi connectivity index (χ0) is 13.1. The van der Waals surface area contributed by atoms with Gasteiger partial charge in [0.1, 0.15) is 6.54 Å². The number of benzene rings is 1. The number of hydrogen-bond acceptors (Lipinski definition) is 3. The van der Waals surface area contributed by atoms with Gasteiger partial charge in [0.25, 0.3) is 0 Å². The smallest absolute Gasteiger partial charge is 0.418 e. The number of esters is 1. The van der Waals surface area contributed by atoms with E-state index in [1.54, 1.807) is 0 Å². The van der Waals surface area contributed by atoms with Crippen molar-refractivity contribution in [3.63, 3.8) is 0 Å². The Hall–Kier alpha value is -1.24. The Morgan fingerprint density at radius 2 is 2.12 bits per heavy atom. The number of rotatable bonds is 3. The van der Waals surface area contributed by atoms with Crippen LogP contribution in [0.3, 0.4) is 0 Å². The van der Waals surface area contributed by atoms with Crippen LogP contribution in [0.1, 0.15) is 5.56 Å². The predicted octanol–water partition coefficient (Wildman–Crippen LogP) is 3.05. The lowest BCUT2D eigenvalue weighted by Crippen LogP contribution is -2.18. The van der Waals surface area contributed by atoms with Crippen molar-refractivity contribution in [2.45, 2.75) is 6.18 Å². The first kappa shape index (κ1) is 13.8. The zero-order valence-corrected chi connectivity index (χ0v) is 10.4. The normalized spacial score (nSPS) is 11.1. The number of hydrogen-bond donors (Lipinski definition) is 1. The molecule has 0 fully saturated rings. The molecule has 0 amide bonds. The second kappa shape index (κ2) is 5.39. The van der Waals surface area contributed by atoms with Gasteiger partial charge in [-0.1, -0.05) is 15.9 Å². The van der Waals surface area contributed by atoms with Crippen molar-refractivity contribution in [2.75, 3.05) is 19.0 Å². The van der Waals surface area contributed by atoms with Crippen LogP contribution < -0.4 is 5.32 Å². The molecule has 7 heteroatoms. The third kappa shape index (κ3) is 3.92. The number of anilines is 1. The number of alkyl halides is 3. The Morgan fingerprint density at radius 1 is 1.47 bits per heavy atom. The monoisotopic (exact) mass is 311 g/mol. The predicted molar refractivity (Wildman–Crippen MR) is 59.6 cm³/mol. The third-order valence-corrected chi connectivity index (χ3v) is 2.43. The molecule has 0 unspecified atom stereocenters. The lowest BCUT2D eigenvalue weighted by molar-refractivity contribution is -0.139. The van der Waals surface area contributed by atoms with E-state index in [2.05, 4.69) is 26.0 Å². The Labute approximate surface area is 104 Å². The summed E-state index contributed by atoms with van der Waals surface area (Å²) in [4.78, 5) is 10.9. The molecule has 1 rings (SSSR count). The van der Waals surface area contributed by atoms with Gasteiger partial charge in [-0.3, -0.25) is 4.79 Å². The van der Waals surface area contributed by atoms with E-state index in [0.29, 0.717) is 4.47 Å². The van der Waals surface area contributed by atoms with E-state index in [4.69, 9.17) is 0 Å². The second-order valence-corrected chi connectivity index (χ2v) is 4.03. The summed E-state index contributed by atoms with van der Waals surface area (Å²) in [7, 11) is 1.16. The number of nitrogens with one attached hydrogen (secondary N) is 1. The Morgan fingerprint density at radius 3 is 2.65 bits per heavy atom. The second-order valence-electron chi connectivity index (χ2n) is 3.12. The molecule has 0 aliphatic heterocycles. The van der Waals surface area contributed by atoms with E-state index in [1.165, 1.54) is 12.1 Å². The number of methoxy groups -OCH3 is 1. The van der Waals surface area contributed by atoms with Crippen molar-refractivity contribution in [1.82, 2.24) is 0 Å². The highest BCUT2D eigenvalue weighted by Gasteiger charge is 2.33. The van der Waals surface area contributed by atoms with Crippen LogP contribution in [0.4, 0.5) is 18.9 Å². The first-order chi connectivity index (χ1) is 7.84. The van der Waals surface area contributed by atoms with Crippen LogP contribution in [0, 0.1) is 0 Å². The van der Waals surface area contributed by atoms with E-state index in [-0.39, 0.29) is 12.2 Å². The van der Waals surface area contributed by atoms with E-state index in [1.807, 2.05) is 0 Å². The molecule has 1 N–H and O–H groups in total. The van der Waals surface area contributed by atoms with E-state index in [0.717, 1.165) is 13.2 Å². The highest BCUT2D eigenvalue weighted by Crippen LogP contribution is 2.36. The average molecular weight is 312 g/mol. The fourth-order valence-electron chi connectivity index (χ4n) is 1.15. The number of ether oxygens (including phenoxy) is 1. The van der Waals surface area contributed by atoms with Crippen LogP contribution in [-0.2, 0) is 15.7 Å². The van der Waals surface area contributed by atoms with Crippen LogP contribution in [0.15, 0.2) is 22.7 Å². The van der Waals surface area contributed by atoms with E-state index >= 15 is 0 Å². The standard InChI is InChI=1S/C10H9BrF3NO2/c1-17-9(16)5-15-8-4-6(11)2-3-7(8)10(12,13)14/h2-4,15H,5H2,1H3. The fourth-order valence-corrected chi connectivity index (χ4v) is 1.51. The van der Waals surface area contributed by atoms with Crippen molar-refractivity contribution in [2.24, 2.45) is 0 Å². The average Bonchev–Trinajstić information content (AvgIpc) is 2.24. The zero-order valence-electron chi connectivity index (χ0n) is 8.77. The summed E-state index contributed by atoms with van der Waals surface area (Å²) in [5.74, 6) is -0.641. The van der Waals surface area contributed by atoms with Crippen LogP contribution in [0.2, 0.25) is 0 Å². The first-order valence-electron chi connectivity index (χ1n) is 4.52. The molecule has 0 saturated carbocycles. The maximum Gasteiger partial charge on any atom is 0.418 e. The van der Waals surface area contributed by atoms with Gasteiger partial charge < -0.3 is 10.1 Å². The molecule has 0 bridgehead atoms. The summed E-state index contributed by atoms with van der Waals surface area (Å²) >= 11 is 3.06. The molecule has 0 saturated heterocycles. The minimum atomic E-state index is -4.47. The molecular weight excluding hydrogens is 303 g/mol. The van der Waals surface area contributed by atoms with Crippen molar-refractivity contribution in [3.05, 3.63) is 28.2 Å². The van der Waals surface area contributed by atoms with Gasteiger partial charge in [0.05, 0.1) is 12.7 Å². The molecule has 0 spiro atoms. The molecule has 3 nitrogen and oxygen atoms in total. The summed E-state index contributed by atoms with van der Waals surface area (Å²) in [5.41, 5.74) is -0.998. The summed E-state index contributed by atoms with van der Waals surface area (Å²) in [6, 6.07) is 3.47. The van der Waals surface area contributed by atoms with Crippen molar-refractivity contribution < 1.29 is 22.7 Å². The highest BCUT2D eigenvalue weighted by molar-refractivity contribution is 9.10. The quantitative estimate of drug-likeness (QED) is 0.872. The van der Waals surface area contributed by atoms with Gasteiger partial charge in [0, 0.05) is 10.2 Å². The topological polar surface area (TPSA) is 38.3 Å². The first-order valence-corrected chi connectivity index (χ1v) is 5.31. The lowest BCUT2D eigenvalue weighted by atomic mass is 10.1. The van der Waals surface area contributed by atoms with Crippen molar-refractivity contribution in [3.8, 4) is 0 Å². The highest BCUT2D eigenvalue weighted by atomic mass is 79.9. The van der Waals surface area contributed by atoms with Crippen LogP contribution in [0.5, 0.6) is 0 Å². The summed E-state index contributed by atoms with van der Waals surface area (Å²) in [6.45, 7) is -0.323. The molecular formula is C10H9BrF3NO2. The Bertz CT molecular complexity index is 421. The maximum absolute atomic E-state index is 12.6. The SMILES string of the molecule is COC(=O)CNc1cc(Br)ccc1C(F)(F)F. The van der Waals surface area contributed by atoms with Gasteiger partial charge >= 0.3 is 12.1 Å². The van der Waals surface area contributed by atoms with E-state index in [9.17, 15) is 18.0 Å². The van der Waals surface area contributed by atoms with Gasteiger partial charge in [-0.2, -0.15) is 13.2 Å². The fraction of sp³-hybridized carbons (Fsp3) is 0.300. The lowest BCUT2D eigenvalue weighted by Gasteiger charge is -2.14. The Kier molecular flexibility index (Phi) is 4.39. The Balaban J connectivity index is 2.96. The van der Waals surface area contributed by atoms with Crippen molar-refractivity contribution in [1.29, 1.82) is 0 Å². The van der Waals surface area contributed by atoms with Gasteiger partial charge in [-0.25, -0.2) is 0 Å². The number of carbonyl (C=O) groups is 1. The molecule has 0 aromatic heterocycles. The molecule has 0 aliphatic carbocycles. The number of halogens is 4. The van der Waals surface area contributed by atoms with Gasteiger partial charge in [0.15, 0.2) is 0 Å². The molecule has 17 heavy (non-hydrogen) atoms. The molecule has 0 aliphatic rings. The summed E-state index contributed by atoms with van der Waals surface area (Å²) in [6.07, 6.45) is -4.47. The third-order valence-electron chi connectivity index (χ3n) is 1.94. The van der Waals surface area contributed by atoms with Gasteiger partial charge in [-0.15, -0.1) is 0 Å². The molecule has 94 valence electrons. The largest absolute Gasteiger partial charge is 0.468 e. The van der Waals surface area contributed by atoms with Gasteiger partial charge in [-0.05, 0) is 18.2 Å². The summed E-state index contributed by atoms with van der Waals surface area (Å²) in [5, 5.41) is 2.39. The minimum absolute atomic E-state index is 0.169. The van der Waals surface area contributed by atoms with Crippen LogP contribution in [-0.4, -0.2) is 19.6 Å². The molecule has 0 heterocycles. The number of carbonyl (C=O) groups excluding carboxylic acids is 1.